The van der Waals surface area contributed by atoms with Crippen LogP contribution in [0, 0.1) is 10.1 Å². The third kappa shape index (κ3) is 5.16. The Morgan fingerprint density at radius 3 is 2.18 bits per heavy atom. The van der Waals surface area contributed by atoms with E-state index in [1.807, 2.05) is 4.90 Å². The number of nitro benzene ring substituents is 1. The fourth-order valence-corrected chi connectivity index (χ4v) is 4.79. The molecule has 8 nitrogen and oxygen atoms in total. The molecule has 2 aromatic carbocycles. The maximum absolute atomic E-state index is 13.3. The number of ether oxygens (including phenoxy) is 1. The average Bonchev–Trinajstić information content (AvgIpc) is 3.35. The van der Waals surface area contributed by atoms with Gasteiger partial charge in [-0.15, -0.1) is 0 Å². The second kappa shape index (κ2) is 10.0. The maximum atomic E-state index is 13.3. The number of likely N-dealkylation sites (tertiary alicyclic amines) is 1. The molecule has 2 fully saturated rings. The fourth-order valence-electron chi connectivity index (χ4n) is 4.79. The van der Waals surface area contributed by atoms with Gasteiger partial charge in [-0.05, 0) is 61.9 Å². The Hall–Kier alpha value is -3.42. The van der Waals surface area contributed by atoms with Crippen LogP contribution in [0.15, 0.2) is 48.5 Å². The topological polar surface area (TPSA) is 102 Å². The van der Waals surface area contributed by atoms with Gasteiger partial charge in [0.2, 0.25) is 5.91 Å². The molecule has 1 saturated heterocycles. The normalized spacial score (nSPS) is 17.4. The summed E-state index contributed by atoms with van der Waals surface area (Å²) in [7, 11) is 0. The molecule has 2 aromatic rings. The number of nitrogens with zero attached hydrogens (tertiary/aromatic N) is 2. The molecule has 1 aliphatic heterocycles. The summed E-state index contributed by atoms with van der Waals surface area (Å²) in [6, 6.07) is 13.3. The van der Waals surface area contributed by atoms with Crippen LogP contribution in [0.4, 0.5) is 11.4 Å². The van der Waals surface area contributed by atoms with E-state index in [0.717, 1.165) is 44.3 Å². The number of carbonyl (C=O) groups excluding carboxylic acids is 2. The summed E-state index contributed by atoms with van der Waals surface area (Å²) in [4.78, 5) is 38.0. The number of carbonyl (C=O) groups is 2. The first kappa shape index (κ1) is 22.8. The van der Waals surface area contributed by atoms with Gasteiger partial charge >= 0.3 is 0 Å². The van der Waals surface area contributed by atoms with Crippen LogP contribution in [-0.4, -0.2) is 41.3 Å². The Morgan fingerprint density at radius 1 is 0.939 bits per heavy atom. The molecule has 0 aromatic heterocycles. The van der Waals surface area contributed by atoms with E-state index in [0.29, 0.717) is 24.3 Å². The van der Waals surface area contributed by atoms with Crippen molar-refractivity contribution in [3.8, 4) is 5.75 Å². The second-order valence-electron chi connectivity index (χ2n) is 8.80. The van der Waals surface area contributed by atoms with Crippen molar-refractivity contribution in [2.24, 2.45) is 0 Å². The quantitative estimate of drug-likeness (QED) is 0.495. The molecule has 2 amide bonds. The van der Waals surface area contributed by atoms with Crippen LogP contribution < -0.4 is 10.1 Å². The molecule has 8 heteroatoms. The lowest BCUT2D eigenvalue weighted by atomic mass is 9.78. The zero-order chi connectivity index (χ0) is 23.3. The lowest BCUT2D eigenvalue weighted by Gasteiger charge is -2.28. The highest BCUT2D eigenvalue weighted by Crippen LogP contribution is 2.42. The minimum atomic E-state index is -0.689. The summed E-state index contributed by atoms with van der Waals surface area (Å²) >= 11 is 0. The van der Waals surface area contributed by atoms with Crippen LogP contribution in [-0.2, 0) is 15.0 Å². The van der Waals surface area contributed by atoms with E-state index in [9.17, 15) is 19.7 Å². The smallest absolute Gasteiger partial charge is 0.269 e. The second-order valence-corrected chi connectivity index (χ2v) is 8.80. The van der Waals surface area contributed by atoms with E-state index in [1.54, 1.807) is 36.4 Å². The van der Waals surface area contributed by atoms with Gasteiger partial charge in [-0.1, -0.05) is 25.0 Å². The van der Waals surface area contributed by atoms with Gasteiger partial charge in [-0.2, -0.15) is 0 Å². The number of benzene rings is 2. The number of non-ortho nitro benzene ring substituents is 1. The number of anilines is 1. The molecule has 0 unspecified atom stereocenters. The Kier molecular flexibility index (Phi) is 6.91. The van der Waals surface area contributed by atoms with Crippen LogP contribution >= 0.6 is 0 Å². The largest absolute Gasteiger partial charge is 0.484 e. The lowest BCUT2D eigenvalue weighted by Crippen LogP contribution is -2.38. The van der Waals surface area contributed by atoms with E-state index in [1.165, 1.54) is 18.6 Å². The van der Waals surface area contributed by atoms with Crippen molar-refractivity contribution >= 4 is 23.2 Å². The van der Waals surface area contributed by atoms with Crippen LogP contribution in [0.25, 0.3) is 0 Å². The summed E-state index contributed by atoms with van der Waals surface area (Å²) in [5.74, 6) is 0.463. The minimum Gasteiger partial charge on any atom is -0.484 e. The first-order valence-electron chi connectivity index (χ1n) is 11.5. The van der Waals surface area contributed by atoms with Gasteiger partial charge in [-0.3, -0.25) is 19.7 Å². The van der Waals surface area contributed by atoms with Gasteiger partial charge in [0.05, 0.1) is 10.3 Å². The molecule has 0 atom stereocenters. The lowest BCUT2D eigenvalue weighted by molar-refractivity contribution is -0.384. The van der Waals surface area contributed by atoms with E-state index in [2.05, 4.69) is 5.32 Å². The van der Waals surface area contributed by atoms with Crippen LogP contribution in [0.1, 0.15) is 50.5 Å². The van der Waals surface area contributed by atoms with Crippen LogP contribution in [0.5, 0.6) is 5.75 Å². The van der Waals surface area contributed by atoms with Crippen molar-refractivity contribution in [2.45, 2.75) is 50.4 Å². The molecule has 4 rings (SSSR count). The highest BCUT2D eigenvalue weighted by atomic mass is 16.6. The number of rotatable bonds is 7. The third-order valence-electron chi connectivity index (χ3n) is 6.71. The minimum absolute atomic E-state index is 0.00153. The Labute approximate surface area is 193 Å². The van der Waals surface area contributed by atoms with Crippen molar-refractivity contribution in [1.29, 1.82) is 0 Å². The zero-order valence-corrected chi connectivity index (χ0v) is 18.6. The third-order valence-corrected chi connectivity index (χ3v) is 6.71. The van der Waals surface area contributed by atoms with Gasteiger partial charge < -0.3 is 15.0 Å². The number of amides is 2. The highest BCUT2D eigenvalue weighted by Gasteiger charge is 2.42. The monoisotopic (exact) mass is 451 g/mol. The summed E-state index contributed by atoms with van der Waals surface area (Å²) in [6.07, 6.45) is 6.53. The van der Waals surface area contributed by atoms with Gasteiger partial charge in [0.25, 0.3) is 11.6 Å². The number of nitrogens with one attached hydrogen (secondary N) is 1. The predicted octanol–water partition coefficient (Wildman–Crippen LogP) is 4.44. The first-order chi connectivity index (χ1) is 16.0. The van der Waals surface area contributed by atoms with Gasteiger partial charge in [0.15, 0.2) is 6.61 Å². The molecule has 0 radical (unpaired) electrons. The Bertz CT molecular complexity index is 992. The molecule has 0 bridgehead atoms. The van der Waals surface area contributed by atoms with E-state index >= 15 is 0 Å². The van der Waals surface area contributed by atoms with Crippen LogP contribution in [0.2, 0.25) is 0 Å². The van der Waals surface area contributed by atoms with Gasteiger partial charge in [-0.25, -0.2) is 0 Å². The van der Waals surface area contributed by atoms with Gasteiger partial charge in [0, 0.05) is 30.9 Å². The van der Waals surface area contributed by atoms with Crippen molar-refractivity contribution in [2.75, 3.05) is 25.0 Å². The average molecular weight is 452 g/mol. The molecule has 1 saturated carbocycles. The molecular weight excluding hydrogens is 422 g/mol. The van der Waals surface area contributed by atoms with Crippen LogP contribution in [0.3, 0.4) is 0 Å². The molecule has 1 aliphatic carbocycles. The Morgan fingerprint density at radius 2 is 1.58 bits per heavy atom. The molecule has 2 aliphatic rings. The van der Waals surface area contributed by atoms with Crippen molar-refractivity contribution in [1.82, 2.24) is 4.90 Å². The molecule has 0 spiro atoms. The molecule has 1 heterocycles. The molecule has 1 N–H and O–H groups in total. The number of hydrogen-bond donors (Lipinski definition) is 1. The first-order valence-corrected chi connectivity index (χ1v) is 11.5. The summed E-state index contributed by atoms with van der Waals surface area (Å²) in [5, 5.41) is 14.0. The fraction of sp³-hybridized carbons (Fsp3) is 0.440. The van der Waals surface area contributed by atoms with E-state index < -0.39 is 10.3 Å². The van der Waals surface area contributed by atoms with E-state index in [4.69, 9.17) is 4.74 Å². The summed E-state index contributed by atoms with van der Waals surface area (Å²) < 4.78 is 5.64. The molecule has 174 valence electrons. The number of hydrogen-bond acceptors (Lipinski definition) is 5. The maximum Gasteiger partial charge on any atom is 0.269 e. The number of nitro groups is 1. The predicted molar refractivity (Wildman–Crippen MR) is 124 cm³/mol. The SMILES string of the molecule is O=C(COc1ccc(NC(=O)C2(c3ccc([N+](=O)[O-])cc3)CCCC2)cc1)N1CCCCC1. The van der Waals surface area contributed by atoms with Crippen molar-refractivity contribution < 1.29 is 19.2 Å². The van der Waals surface area contributed by atoms with Gasteiger partial charge in [0.1, 0.15) is 5.75 Å². The Balaban J connectivity index is 1.38. The standard InChI is InChI=1S/C25H29N3O5/c29-23(27-16-4-1-5-17-27)18-33-22-12-8-20(9-13-22)26-24(30)25(14-2-3-15-25)19-6-10-21(11-7-19)28(31)32/h6-13H,1-5,14-18H2,(H,26,30). The highest BCUT2D eigenvalue weighted by molar-refractivity contribution is 5.99. The van der Waals surface area contributed by atoms with Crippen molar-refractivity contribution in [3.63, 3.8) is 0 Å². The summed E-state index contributed by atoms with van der Waals surface area (Å²) in [6.45, 7) is 1.60. The number of piperidine rings is 1. The zero-order valence-electron chi connectivity index (χ0n) is 18.6. The van der Waals surface area contributed by atoms with E-state index in [-0.39, 0.29) is 24.1 Å². The van der Waals surface area contributed by atoms with Crippen molar-refractivity contribution in [3.05, 3.63) is 64.2 Å². The summed E-state index contributed by atoms with van der Waals surface area (Å²) in [5.41, 5.74) is 0.773. The molecular formula is C25H29N3O5. The molecule has 33 heavy (non-hydrogen) atoms.